The molecular formula is C22H24N2O4S2. The Bertz CT molecular complexity index is 1050. The Balaban J connectivity index is 1.60. The number of carbonyl (C=O) groups is 1. The van der Waals surface area contributed by atoms with E-state index >= 15 is 0 Å². The van der Waals surface area contributed by atoms with Gasteiger partial charge in [0.25, 0.3) is 0 Å². The number of carbonyl (C=O) groups excluding carboxylic acids is 1. The van der Waals surface area contributed by atoms with Crippen molar-refractivity contribution in [1.82, 2.24) is 0 Å². The number of rotatable bonds is 5. The summed E-state index contributed by atoms with van der Waals surface area (Å²) in [5.41, 5.74) is 0.809. The molecule has 1 amide bonds. The summed E-state index contributed by atoms with van der Waals surface area (Å²) in [6.45, 7) is 3.95. The van der Waals surface area contributed by atoms with Gasteiger partial charge in [-0.15, -0.1) is 0 Å². The van der Waals surface area contributed by atoms with E-state index in [4.69, 9.17) is 4.74 Å². The molecule has 0 unspecified atom stereocenters. The van der Waals surface area contributed by atoms with Crippen LogP contribution in [-0.4, -0.2) is 42.3 Å². The molecule has 2 aromatic rings. The summed E-state index contributed by atoms with van der Waals surface area (Å²) < 4.78 is 30.2. The Morgan fingerprint density at radius 1 is 1.10 bits per heavy atom. The molecular weight excluding hydrogens is 420 g/mol. The Morgan fingerprint density at radius 2 is 1.77 bits per heavy atom. The van der Waals surface area contributed by atoms with Crippen LogP contribution in [-0.2, 0) is 14.6 Å². The average molecular weight is 445 g/mol. The predicted molar refractivity (Wildman–Crippen MR) is 121 cm³/mol. The lowest BCUT2D eigenvalue weighted by molar-refractivity contribution is -0.118. The summed E-state index contributed by atoms with van der Waals surface area (Å²) in [7, 11) is -3.09. The van der Waals surface area contributed by atoms with Crippen molar-refractivity contribution in [2.24, 2.45) is 10.9 Å². The minimum absolute atomic E-state index is 0.0737. The molecule has 0 N–H and O–H groups in total. The fourth-order valence-electron chi connectivity index (χ4n) is 3.67. The van der Waals surface area contributed by atoms with E-state index < -0.39 is 9.84 Å². The van der Waals surface area contributed by atoms with E-state index in [1.807, 2.05) is 73.3 Å². The first-order valence-electron chi connectivity index (χ1n) is 9.91. The van der Waals surface area contributed by atoms with E-state index in [1.54, 1.807) is 0 Å². The first-order chi connectivity index (χ1) is 14.3. The number of nitrogens with zero attached hydrogens (tertiary/aromatic N) is 2. The Kier molecular flexibility index (Phi) is 5.88. The van der Waals surface area contributed by atoms with Crippen LogP contribution in [0, 0.1) is 5.92 Å². The van der Waals surface area contributed by atoms with E-state index in [9.17, 15) is 13.2 Å². The molecule has 0 spiro atoms. The van der Waals surface area contributed by atoms with Crippen LogP contribution in [0.4, 0.5) is 5.69 Å². The number of anilines is 1. The number of amidine groups is 1. The molecule has 0 aliphatic carbocycles. The normalized spacial score (nSPS) is 23.7. The van der Waals surface area contributed by atoms with Crippen molar-refractivity contribution in [2.45, 2.75) is 31.6 Å². The third-order valence-electron chi connectivity index (χ3n) is 4.96. The van der Waals surface area contributed by atoms with Crippen molar-refractivity contribution in [1.29, 1.82) is 0 Å². The van der Waals surface area contributed by atoms with Crippen molar-refractivity contribution >= 4 is 38.4 Å². The number of thioether (sulfide) groups is 1. The highest BCUT2D eigenvalue weighted by Crippen LogP contribution is 2.41. The second-order valence-corrected chi connectivity index (χ2v) is 11.3. The molecule has 2 atom stereocenters. The minimum Gasteiger partial charge on any atom is -0.457 e. The van der Waals surface area contributed by atoms with Crippen LogP contribution < -0.4 is 9.64 Å². The lowest BCUT2D eigenvalue weighted by Gasteiger charge is -2.24. The van der Waals surface area contributed by atoms with E-state index in [-0.39, 0.29) is 34.6 Å². The van der Waals surface area contributed by atoms with Gasteiger partial charge in [-0.25, -0.2) is 8.42 Å². The van der Waals surface area contributed by atoms with Gasteiger partial charge in [0.1, 0.15) is 11.5 Å². The van der Waals surface area contributed by atoms with Crippen LogP contribution in [0.3, 0.4) is 0 Å². The standard InChI is InChI=1S/C22H24N2O4S2/c1-15(2)12-21(25)23-22-24(19-13-30(26,27)14-20(19)29-22)16-8-10-18(11-9-16)28-17-6-4-3-5-7-17/h3-11,15,19-20H,12-14H2,1-2H3/t19-,20+/m0/s1. The van der Waals surface area contributed by atoms with Crippen LogP contribution >= 0.6 is 11.8 Å². The third kappa shape index (κ3) is 4.70. The fourth-order valence-corrected chi connectivity index (χ4v) is 7.60. The largest absolute Gasteiger partial charge is 0.457 e. The number of hydrogen-bond donors (Lipinski definition) is 0. The molecule has 2 heterocycles. The van der Waals surface area contributed by atoms with Crippen molar-refractivity contribution in [3.63, 3.8) is 0 Å². The SMILES string of the molecule is CC(C)CC(=O)N=C1S[C@@H]2CS(=O)(=O)C[C@@H]2N1c1ccc(Oc2ccccc2)cc1. The van der Waals surface area contributed by atoms with Gasteiger partial charge in [-0.1, -0.05) is 43.8 Å². The molecule has 0 saturated carbocycles. The van der Waals surface area contributed by atoms with Gasteiger partial charge >= 0.3 is 0 Å². The van der Waals surface area contributed by atoms with Crippen molar-refractivity contribution < 1.29 is 17.9 Å². The van der Waals surface area contributed by atoms with Gasteiger partial charge in [0.15, 0.2) is 15.0 Å². The Labute approximate surface area is 181 Å². The Morgan fingerprint density at radius 3 is 2.43 bits per heavy atom. The molecule has 2 aliphatic rings. The number of hydrogen-bond acceptors (Lipinski definition) is 5. The van der Waals surface area contributed by atoms with E-state index in [1.165, 1.54) is 11.8 Å². The molecule has 2 aliphatic heterocycles. The molecule has 6 nitrogen and oxygen atoms in total. The van der Waals surface area contributed by atoms with Crippen LogP contribution in [0.2, 0.25) is 0 Å². The lowest BCUT2D eigenvalue weighted by Crippen LogP contribution is -2.37. The number of sulfone groups is 1. The van der Waals surface area contributed by atoms with Crippen LogP contribution in [0.15, 0.2) is 59.6 Å². The summed E-state index contributed by atoms with van der Waals surface area (Å²) >= 11 is 1.39. The van der Waals surface area contributed by atoms with Gasteiger partial charge in [0, 0.05) is 17.4 Å². The van der Waals surface area contributed by atoms with E-state index in [2.05, 4.69) is 4.99 Å². The molecule has 0 radical (unpaired) electrons. The van der Waals surface area contributed by atoms with E-state index in [0.717, 1.165) is 11.4 Å². The number of ether oxygens (including phenoxy) is 1. The molecule has 2 saturated heterocycles. The number of para-hydroxylation sites is 1. The molecule has 0 bridgehead atoms. The summed E-state index contributed by atoms with van der Waals surface area (Å²) in [5, 5.41) is 0.475. The molecule has 2 fully saturated rings. The molecule has 8 heteroatoms. The molecule has 0 aromatic heterocycles. The highest BCUT2D eigenvalue weighted by Gasteiger charge is 2.49. The molecule has 4 rings (SSSR count). The monoisotopic (exact) mass is 444 g/mol. The summed E-state index contributed by atoms with van der Waals surface area (Å²) in [6.07, 6.45) is 0.370. The second-order valence-electron chi connectivity index (χ2n) is 7.97. The minimum atomic E-state index is -3.09. The highest BCUT2D eigenvalue weighted by atomic mass is 32.2. The first-order valence-corrected chi connectivity index (χ1v) is 12.6. The van der Waals surface area contributed by atoms with Crippen molar-refractivity contribution in [3.05, 3.63) is 54.6 Å². The van der Waals surface area contributed by atoms with Gasteiger partial charge in [0.05, 0.1) is 17.5 Å². The zero-order chi connectivity index (χ0) is 21.3. The number of aliphatic imine (C=N–C) groups is 1. The number of fused-ring (bicyclic) bond motifs is 1. The topological polar surface area (TPSA) is 76.0 Å². The zero-order valence-electron chi connectivity index (χ0n) is 16.9. The smallest absolute Gasteiger partial charge is 0.248 e. The second kappa shape index (κ2) is 8.43. The van der Waals surface area contributed by atoms with Gasteiger partial charge in [0.2, 0.25) is 5.91 Å². The molecule has 30 heavy (non-hydrogen) atoms. The number of benzene rings is 2. The third-order valence-corrected chi connectivity index (χ3v) is 8.17. The van der Waals surface area contributed by atoms with Crippen LogP contribution in [0.5, 0.6) is 11.5 Å². The van der Waals surface area contributed by atoms with Crippen LogP contribution in [0.25, 0.3) is 0 Å². The maximum absolute atomic E-state index is 12.3. The van der Waals surface area contributed by atoms with Crippen LogP contribution in [0.1, 0.15) is 20.3 Å². The summed E-state index contributed by atoms with van der Waals surface area (Å²) in [6, 6.07) is 16.7. The van der Waals surface area contributed by atoms with E-state index in [0.29, 0.717) is 17.3 Å². The van der Waals surface area contributed by atoms with Crippen molar-refractivity contribution in [3.8, 4) is 11.5 Å². The predicted octanol–water partition coefficient (Wildman–Crippen LogP) is 4.13. The molecule has 2 aromatic carbocycles. The highest BCUT2D eigenvalue weighted by molar-refractivity contribution is 8.16. The maximum atomic E-state index is 12.3. The van der Waals surface area contributed by atoms with Gasteiger partial charge in [-0.2, -0.15) is 4.99 Å². The quantitative estimate of drug-likeness (QED) is 0.690. The summed E-state index contributed by atoms with van der Waals surface area (Å²) in [4.78, 5) is 18.6. The molecule has 158 valence electrons. The Hall–Kier alpha value is -2.32. The average Bonchev–Trinajstić information content (AvgIpc) is 3.13. The van der Waals surface area contributed by atoms with Gasteiger partial charge < -0.3 is 9.64 Å². The van der Waals surface area contributed by atoms with Crippen molar-refractivity contribution in [2.75, 3.05) is 16.4 Å². The lowest BCUT2D eigenvalue weighted by atomic mass is 10.1. The summed E-state index contributed by atoms with van der Waals surface area (Å²) in [5.74, 6) is 1.66. The zero-order valence-corrected chi connectivity index (χ0v) is 18.5. The first kappa shape index (κ1) is 20.9. The fraction of sp³-hybridized carbons (Fsp3) is 0.364. The number of amides is 1. The van der Waals surface area contributed by atoms with Gasteiger partial charge in [-0.05, 0) is 42.3 Å². The maximum Gasteiger partial charge on any atom is 0.248 e. The van der Waals surface area contributed by atoms with Gasteiger partial charge in [-0.3, -0.25) is 4.79 Å².